The Balaban J connectivity index is 1.59. The summed E-state index contributed by atoms with van der Waals surface area (Å²) in [4.78, 5) is 12.0. The van der Waals surface area contributed by atoms with Gasteiger partial charge in [0.25, 0.3) is 0 Å². The number of ether oxygens (including phenoxy) is 1. The molecular formula is C19H17F2NO2. The highest BCUT2D eigenvalue weighted by molar-refractivity contribution is 6.02. The van der Waals surface area contributed by atoms with Crippen molar-refractivity contribution in [1.29, 1.82) is 0 Å². The average molecular weight is 329 g/mol. The molecule has 0 saturated carbocycles. The van der Waals surface area contributed by atoms with Gasteiger partial charge in [0.05, 0.1) is 0 Å². The molecule has 2 aromatic carbocycles. The summed E-state index contributed by atoms with van der Waals surface area (Å²) in [5.41, 5.74) is 4.16. The standard InChI is InChI=1S/C19H17F2NO2/c20-19(21)24-17-9-4-13(5-10-17)6-11-18(23)22-16-8-7-14-2-1-3-15(14)12-16/h4-12,19H,1-3H2,(H,22,23)/b11-6+. The van der Waals surface area contributed by atoms with Gasteiger partial charge in [-0.25, -0.2) is 0 Å². The number of anilines is 1. The smallest absolute Gasteiger partial charge is 0.387 e. The van der Waals surface area contributed by atoms with Crippen LogP contribution < -0.4 is 10.1 Å². The van der Waals surface area contributed by atoms with Crippen LogP contribution in [0.15, 0.2) is 48.5 Å². The molecule has 24 heavy (non-hydrogen) atoms. The van der Waals surface area contributed by atoms with Crippen LogP contribution in [-0.2, 0) is 17.6 Å². The van der Waals surface area contributed by atoms with Crippen LogP contribution in [0.5, 0.6) is 5.75 Å². The van der Waals surface area contributed by atoms with Crippen molar-refractivity contribution >= 4 is 17.7 Å². The predicted octanol–water partition coefficient (Wildman–Crippen LogP) is 4.43. The fraction of sp³-hybridized carbons (Fsp3) is 0.211. The average Bonchev–Trinajstić information content (AvgIpc) is 3.01. The van der Waals surface area contributed by atoms with Crippen LogP contribution in [0.2, 0.25) is 0 Å². The molecule has 1 amide bonds. The molecule has 0 aliphatic heterocycles. The van der Waals surface area contributed by atoms with Crippen LogP contribution in [-0.4, -0.2) is 12.5 Å². The summed E-state index contributed by atoms with van der Waals surface area (Å²) < 4.78 is 28.4. The lowest BCUT2D eigenvalue weighted by Gasteiger charge is -2.05. The van der Waals surface area contributed by atoms with E-state index in [2.05, 4.69) is 16.1 Å². The summed E-state index contributed by atoms with van der Waals surface area (Å²) in [5, 5.41) is 2.83. The molecule has 0 unspecified atom stereocenters. The highest BCUT2D eigenvalue weighted by Gasteiger charge is 2.11. The van der Waals surface area contributed by atoms with Gasteiger partial charge in [-0.1, -0.05) is 18.2 Å². The van der Waals surface area contributed by atoms with Gasteiger partial charge in [-0.05, 0) is 66.3 Å². The summed E-state index contributed by atoms with van der Waals surface area (Å²) >= 11 is 0. The zero-order valence-corrected chi connectivity index (χ0v) is 13.0. The van der Waals surface area contributed by atoms with E-state index in [-0.39, 0.29) is 11.7 Å². The van der Waals surface area contributed by atoms with Gasteiger partial charge in [-0.2, -0.15) is 8.78 Å². The minimum absolute atomic E-state index is 0.0877. The summed E-state index contributed by atoms with van der Waals surface area (Å²) in [7, 11) is 0. The van der Waals surface area contributed by atoms with E-state index in [0.29, 0.717) is 0 Å². The lowest BCUT2D eigenvalue weighted by atomic mass is 10.1. The van der Waals surface area contributed by atoms with E-state index in [0.717, 1.165) is 30.5 Å². The Morgan fingerprint density at radius 1 is 1.08 bits per heavy atom. The monoisotopic (exact) mass is 329 g/mol. The molecule has 0 bridgehead atoms. The van der Waals surface area contributed by atoms with Crippen molar-refractivity contribution in [1.82, 2.24) is 0 Å². The maximum Gasteiger partial charge on any atom is 0.387 e. The molecule has 0 spiro atoms. The first-order valence-electron chi connectivity index (χ1n) is 7.76. The molecule has 0 saturated heterocycles. The first-order chi connectivity index (χ1) is 11.6. The van der Waals surface area contributed by atoms with Crippen LogP contribution in [0.25, 0.3) is 6.08 Å². The van der Waals surface area contributed by atoms with E-state index in [1.165, 1.54) is 29.3 Å². The minimum atomic E-state index is -2.84. The minimum Gasteiger partial charge on any atom is -0.435 e. The first-order valence-corrected chi connectivity index (χ1v) is 7.76. The zero-order chi connectivity index (χ0) is 16.9. The molecule has 124 valence electrons. The summed E-state index contributed by atoms with van der Waals surface area (Å²) in [5.74, 6) is -0.148. The number of hydrogen-bond acceptors (Lipinski definition) is 2. The number of benzene rings is 2. The number of rotatable bonds is 5. The lowest BCUT2D eigenvalue weighted by molar-refractivity contribution is -0.111. The molecule has 1 N–H and O–H groups in total. The highest BCUT2D eigenvalue weighted by Crippen LogP contribution is 2.25. The topological polar surface area (TPSA) is 38.3 Å². The SMILES string of the molecule is O=C(/C=C/c1ccc(OC(F)F)cc1)Nc1ccc2c(c1)CCC2. The van der Waals surface area contributed by atoms with Gasteiger partial charge < -0.3 is 10.1 Å². The van der Waals surface area contributed by atoms with Crippen LogP contribution in [0.1, 0.15) is 23.1 Å². The van der Waals surface area contributed by atoms with Gasteiger partial charge in [0.1, 0.15) is 5.75 Å². The highest BCUT2D eigenvalue weighted by atomic mass is 19.3. The molecule has 3 rings (SSSR count). The maximum atomic E-state index is 12.1. The Morgan fingerprint density at radius 3 is 2.58 bits per heavy atom. The number of nitrogens with one attached hydrogen (secondary N) is 1. The Hall–Kier alpha value is -2.69. The number of carbonyl (C=O) groups excluding carboxylic acids is 1. The van der Waals surface area contributed by atoms with Crippen LogP contribution >= 0.6 is 0 Å². The summed E-state index contributed by atoms with van der Waals surface area (Å²) in [6.07, 6.45) is 6.36. The second-order valence-electron chi connectivity index (χ2n) is 5.61. The second kappa shape index (κ2) is 7.25. The Morgan fingerprint density at radius 2 is 1.83 bits per heavy atom. The zero-order valence-electron chi connectivity index (χ0n) is 13.0. The quantitative estimate of drug-likeness (QED) is 0.824. The number of hydrogen-bond donors (Lipinski definition) is 1. The number of carbonyl (C=O) groups is 1. The molecular weight excluding hydrogens is 312 g/mol. The van der Waals surface area contributed by atoms with E-state index in [4.69, 9.17) is 0 Å². The van der Waals surface area contributed by atoms with Crippen molar-refractivity contribution in [3.05, 3.63) is 65.2 Å². The fourth-order valence-electron chi connectivity index (χ4n) is 2.77. The number of halogens is 2. The van der Waals surface area contributed by atoms with Crippen LogP contribution in [0, 0.1) is 0 Å². The van der Waals surface area contributed by atoms with E-state index < -0.39 is 6.61 Å². The number of alkyl halides is 2. The molecule has 0 heterocycles. The Bertz CT molecular complexity index is 754. The van der Waals surface area contributed by atoms with E-state index >= 15 is 0 Å². The molecule has 0 atom stereocenters. The van der Waals surface area contributed by atoms with E-state index in [1.54, 1.807) is 18.2 Å². The third-order valence-electron chi connectivity index (χ3n) is 3.90. The number of fused-ring (bicyclic) bond motifs is 1. The van der Waals surface area contributed by atoms with Crippen molar-refractivity contribution in [3.63, 3.8) is 0 Å². The van der Waals surface area contributed by atoms with Gasteiger partial charge in [-0.3, -0.25) is 4.79 Å². The van der Waals surface area contributed by atoms with Crippen molar-refractivity contribution in [2.24, 2.45) is 0 Å². The van der Waals surface area contributed by atoms with Crippen molar-refractivity contribution in [2.75, 3.05) is 5.32 Å². The van der Waals surface area contributed by atoms with Gasteiger partial charge in [0.15, 0.2) is 0 Å². The predicted molar refractivity (Wildman–Crippen MR) is 89.2 cm³/mol. The van der Waals surface area contributed by atoms with E-state index in [1.807, 2.05) is 12.1 Å². The molecule has 2 aromatic rings. The molecule has 5 heteroatoms. The molecule has 0 radical (unpaired) electrons. The number of amides is 1. The summed E-state index contributed by atoms with van der Waals surface area (Å²) in [6, 6.07) is 12.1. The third-order valence-corrected chi connectivity index (χ3v) is 3.90. The first kappa shape index (κ1) is 16.2. The van der Waals surface area contributed by atoms with Crippen molar-refractivity contribution < 1.29 is 18.3 Å². The van der Waals surface area contributed by atoms with Crippen LogP contribution in [0.4, 0.5) is 14.5 Å². The lowest BCUT2D eigenvalue weighted by Crippen LogP contribution is -2.08. The molecule has 0 fully saturated rings. The van der Waals surface area contributed by atoms with Crippen LogP contribution in [0.3, 0.4) is 0 Å². The van der Waals surface area contributed by atoms with Gasteiger partial charge >= 0.3 is 6.61 Å². The fourth-order valence-corrected chi connectivity index (χ4v) is 2.77. The van der Waals surface area contributed by atoms with E-state index in [9.17, 15) is 13.6 Å². The molecule has 1 aliphatic carbocycles. The summed E-state index contributed by atoms with van der Waals surface area (Å²) in [6.45, 7) is -2.84. The molecule has 1 aliphatic rings. The Labute approximate surface area is 139 Å². The largest absolute Gasteiger partial charge is 0.435 e. The molecule has 3 nitrogen and oxygen atoms in total. The van der Waals surface area contributed by atoms with Gasteiger partial charge in [-0.15, -0.1) is 0 Å². The normalized spacial score (nSPS) is 13.3. The van der Waals surface area contributed by atoms with Gasteiger partial charge in [0.2, 0.25) is 5.91 Å². The number of aryl methyl sites for hydroxylation is 2. The van der Waals surface area contributed by atoms with Crippen molar-refractivity contribution in [3.8, 4) is 5.75 Å². The maximum absolute atomic E-state index is 12.1. The van der Waals surface area contributed by atoms with Gasteiger partial charge in [0, 0.05) is 11.8 Å². The second-order valence-corrected chi connectivity index (χ2v) is 5.61. The third kappa shape index (κ3) is 4.19. The molecule has 0 aromatic heterocycles. The Kier molecular flexibility index (Phi) is 4.89. The van der Waals surface area contributed by atoms with Crippen molar-refractivity contribution in [2.45, 2.75) is 25.9 Å².